The topological polar surface area (TPSA) is 77.4 Å². The van der Waals surface area contributed by atoms with Crippen molar-refractivity contribution < 1.29 is 23.8 Å². The molecule has 2 aromatic carbocycles. The van der Waals surface area contributed by atoms with Gasteiger partial charge in [0.15, 0.2) is 18.1 Å². The third kappa shape index (κ3) is 3.76. The first-order valence-corrected chi connectivity index (χ1v) is 8.69. The second-order valence-corrected chi connectivity index (χ2v) is 6.15. The van der Waals surface area contributed by atoms with Crippen molar-refractivity contribution >= 4 is 17.6 Å². The third-order valence-corrected chi connectivity index (χ3v) is 4.31. The van der Waals surface area contributed by atoms with Gasteiger partial charge in [-0.25, -0.2) is 9.80 Å². The number of benzene rings is 2. The van der Waals surface area contributed by atoms with Gasteiger partial charge in [0.1, 0.15) is 6.61 Å². The molecule has 138 valence electrons. The Bertz CT molecular complexity index is 881. The van der Waals surface area contributed by atoms with E-state index in [1.807, 2.05) is 36.4 Å². The molecule has 0 saturated carbocycles. The second kappa shape index (κ2) is 7.49. The van der Waals surface area contributed by atoms with E-state index in [0.29, 0.717) is 24.5 Å². The molecule has 7 heteroatoms. The maximum atomic E-state index is 12.3. The number of ether oxygens (including phenoxy) is 3. The van der Waals surface area contributed by atoms with Gasteiger partial charge < -0.3 is 14.2 Å². The summed E-state index contributed by atoms with van der Waals surface area (Å²) in [6.07, 6.45) is -0.227. The molecule has 2 aliphatic rings. The first-order chi connectivity index (χ1) is 13.2. The highest BCUT2D eigenvalue weighted by Gasteiger charge is 2.30. The van der Waals surface area contributed by atoms with Crippen LogP contribution in [0.15, 0.2) is 59.7 Å². The fourth-order valence-electron chi connectivity index (χ4n) is 2.91. The zero-order chi connectivity index (χ0) is 18.6. The Kier molecular flexibility index (Phi) is 4.74. The molecule has 0 fully saturated rings. The first kappa shape index (κ1) is 17.1. The van der Waals surface area contributed by atoms with Gasteiger partial charge in [0.25, 0.3) is 5.91 Å². The van der Waals surface area contributed by atoms with E-state index in [2.05, 4.69) is 5.10 Å². The Hall–Kier alpha value is -3.35. The smallest absolute Gasteiger partial charge is 0.351 e. The Labute approximate surface area is 156 Å². The molecule has 1 amide bonds. The van der Waals surface area contributed by atoms with Crippen molar-refractivity contribution in [2.75, 3.05) is 19.8 Å². The number of carbonyl (C=O) groups is 2. The van der Waals surface area contributed by atoms with Crippen LogP contribution in [0.5, 0.6) is 11.5 Å². The van der Waals surface area contributed by atoms with Crippen LogP contribution in [0.2, 0.25) is 0 Å². The van der Waals surface area contributed by atoms with Gasteiger partial charge in [-0.05, 0) is 17.7 Å². The molecule has 2 aliphatic heterocycles. The van der Waals surface area contributed by atoms with Crippen LogP contribution >= 0.6 is 0 Å². The normalized spacial score (nSPS) is 18.0. The number of hydrogen-bond donors (Lipinski definition) is 0. The number of para-hydroxylation sites is 2. The fraction of sp³-hybridized carbons (Fsp3) is 0.250. The van der Waals surface area contributed by atoms with E-state index in [1.54, 1.807) is 18.2 Å². The van der Waals surface area contributed by atoms with Gasteiger partial charge in [-0.2, -0.15) is 5.10 Å². The number of esters is 1. The van der Waals surface area contributed by atoms with Gasteiger partial charge in [-0.1, -0.05) is 42.5 Å². The molecule has 0 aromatic heterocycles. The summed E-state index contributed by atoms with van der Waals surface area (Å²) in [5.74, 6) is 0.0573. The van der Waals surface area contributed by atoms with E-state index in [-0.39, 0.29) is 19.1 Å². The standard InChI is InChI=1S/C20H18N2O5/c23-19(22-11-10-15(21-22)14-6-2-1-3-7-14)13-26-20(24)18-12-25-16-8-4-5-9-17(16)27-18/h1-9,18H,10-13H2. The highest BCUT2D eigenvalue weighted by Crippen LogP contribution is 2.31. The summed E-state index contributed by atoms with van der Waals surface area (Å²) >= 11 is 0. The minimum atomic E-state index is -0.894. The van der Waals surface area contributed by atoms with E-state index in [1.165, 1.54) is 5.01 Å². The number of carbonyl (C=O) groups excluding carboxylic acids is 2. The van der Waals surface area contributed by atoms with Crippen LogP contribution in [0.1, 0.15) is 12.0 Å². The molecule has 1 atom stereocenters. The summed E-state index contributed by atoms with van der Waals surface area (Å²) in [6, 6.07) is 16.8. The van der Waals surface area contributed by atoms with Crippen molar-refractivity contribution in [2.24, 2.45) is 5.10 Å². The molecule has 0 N–H and O–H groups in total. The monoisotopic (exact) mass is 366 g/mol. The molecular formula is C20H18N2O5. The van der Waals surface area contributed by atoms with Crippen molar-refractivity contribution in [1.29, 1.82) is 0 Å². The third-order valence-electron chi connectivity index (χ3n) is 4.31. The van der Waals surface area contributed by atoms with Crippen LogP contribution in [0.4, 0.5) is 0 Å². The summed E-state index contributed by atoms with van der Waals surface area (Å²) < 4.78 is 16.2. The largest absolute Gasteiger partial charge is 0.485 e. The molecule has 4 rings (SSSR count). The van der Waals surface area contributed by atoms with E-state index < -0.39 is 12.1 Å². The van der Waals surface area contributed by atoms with Gasteiger partial charge in [-0.3, -0.25) is 4.79 Å². The molecule has 2 heterocycles. The maximum Gasteiger partial charge on any atom is 0.351 e. The number of rotatable bonds is 4. The molecule has 27 heavy (non-hydrogen) atoms. The van der Waals surface area contributed by atoms with Crippen LogP contribution in [0.3, 0.4) is 0 Å². The lowest BCUT2D eigenvalue weighted by atomic mass is 10.1. The molecule has 1 unspecified atom stereocenters. The average Bonchev–Trinajstić information content (AvgIpc) is 3.22. The predicted octanol–water partition coefficient (Wildman–Crippen LogP) is 2.01. The highest BCUT2D eigenvalue weighted by molar-refractivity contribution is 6.02. The van der Waals surface area contributed by atoms with Crippen LogP contribution in [0, 0.1) is 0 Å². The van der Waals surface area contributed by atoms with Crippen molar-refractivity contribution in [2.45, 2.75) is 12.5 Å². The van der Waals surface area contributed by atoms with Crippen molar-refractivity contribution in [3.05, 3.63) is 60.2 Å². The van der Waals surface area contributed by atoms with E-state index >= 15 is 0 Å². The van der Waals surface area contributed by atoms with Gasteiger partial charge in [-0.15, -0.1) is 0 Å². The zero-order valence-electron chi connectivity index (χ0n) is 14.5. The molecule has 0 aliphatic carbocycles. The Morgan fingerprint density at radius 2 is 1.81 bits per heavy atom. The van der Waals surface area contributed by atoms with Gasteiger partial charge in [0.2, 0.25) is 6.10 Å². The summed E-state index contributed by atoms with van der Waals surface area (Å²) in [7, 11) is 0. The number of amides is 1. The fourth-order valence-corrected chi connectivity index (χ4v) is 2.91. The van der Waals surface area contributed by atoms with Crippen molar-refractivity contribution in [3.63, 3.8) is 0 Å². The lowest BCUT2D eigenvalue weighted by molar-refractivity contribution is -0.160. The summed E-state index contributed by atoms with van der Waals surface area (Å²) in [6.45, 7) is 0.132. The summed E-state index contributed by atoms with van der Waals surface area (Å²) in [4.78, 5) is 24.5. The van der Waals surface area contributed by atoms with Crippen LogP contribution < -0.4 is 9.47 Å². The van der Waals surface area contributed by atoms with E-state index in [0.717, 1.165) is 11.3 Å². The summed E-state index contributed by atoms with van der Waals surface area (Å²) in [5.41, 5.74) is 1.83. The quantitative estimate of drug-likeness (QED) is 0.774. The Balaban J connectivity index is 1.31. The molecule has 7 nitrogen and oxygen atoms in total. The van der Waals surface area contributed by atoms with Crippen molar-refractivity contribution in [1.82, 2.24) is 5.01 Å². The molecule has 2 aromatic rings. The minimum Gasteiger partial charge on any atom is -0.485 e. The Morgan fingerprint density at radius 3 is 2.63 bits per heavy atom. The maximum absolute atomic E-state index is 12.3. The number of nitrogens with zero attached hydrogens (tertiary/aromatic N) is 2. The lowest BCUT2D eigenvalue weighted by Crippen LogP contribution is -2.39. The molecule has 0 saturated heterocycles. The average molecular weight is 366 g/mol. The van der Waals surface area contributed by atoms with Gasteiger partial charge >= 0.3 is 5.97 Å². The predicted molar refractivity (Wildman–Crippen MR) is 96.6 cm³/mol. The van der Waals surface area contributed by atoms with Gasteiger partial charge in [0.05, 0.1) is 12.3 Å². The van der Waals surface area contributed by atoms with Crippen LogP contribution in [0.25, 0.3) is 0 Å². The van der Waals surface area contributed by atoms with E-state index in [9.17, 15) is 9.59 Å². The molecular weight excluding hydrogens is 348 g/mol. The minimum absolute atomic E-state index is 0.0457. The SMILES string of the molecule is O=C(OCC(=O)N1CCC(c2ccccc2)=N1)C1COc2ccccc2O1. The first-order valence-electron chi connectivity index (χ1n) is 8.69. The van der Waals surface area contributed by atoms with E-state index in [4.69, 9.17) is 14.2 Å². The number of fused-ring (bicyclic) bond motifs is 1. The van der Waals surface area contributed by atoms with Crippen molar-refractivity contribution in [3.8, 4) is 11.5 Å². The summed E-state index contributed by atoms with van der Waals surface area (Å²) in [5, 5.41) is 5.67. The van der Waals surface area contributed by atoms with Crippen LogP contribution in [-0.2, 0) is 14.3 Å². The molecule has 0 spiro atoms. The van der Waals surface area contributed by atoms with Gasteiger partial charge in [0, 0.05) is 6.42 Å². The number of hydrogen-bond acceptors (Lipinski definition) is 6. The second-order valence-electron chi connectivity index (χ2n) is 6.15. The molecule has 0 bridgehead atoms. The lowest BCUT2D eigenvalue weighted by Gasteiger charge is -2.25. The molecule has 0 radical (unpaired) electrons. The zero-order valence-corrected chi connectivity index (χ0v) is 14.5. The highest BCUT2D eigenvalue weighted by atomic mass is 16.6. The van der Waals surface area contributed by atoms with Crippen LogP contribution in [-0.4, -0.2) is 48.5 Å². The Morgan fingerprint density at radius 1 is 1.07 bits per heavy atom. The number of hydrazone groups is 1.